The highest BCUT2D eigenvalue weighted by Crippen LogP contribution is 2.33. The molecule has 1 aliphatic rings. The lowest BCUT2D eigenvalue weighted by Gasteiger charge is -2.33. The zero-order valence-electron chi connectivity index (χ0n) is 9.64. The van der Waals surface area contributed by atoms with Gasteiger partial charge in [-0.2, -0.15) is 0 Å². The Morgan fingerprint density at radius 1 is 1.24 bits per heavy atom. The molecule has 0 aliphatic carbocycles. The van der Waals surface area contributed by atoms with Crippen LogP contribution in [0.25, 0.3) is 0 Å². The second kappa shape index (κ2) is 5.53. The molecule has 1 aromatic rings. The van der Waals surface area contributed by atoms with Crippen LogP contribution >= 0.6 is 23.2 Å². The molecule has 1 aromatic carbocycles. The number of rotatable bonds is 2. The van der Waals surface area contributed by atoms with Crippen LogP contribution in [0.4, 0.5) is 4.39 Å². The first-order valence-electron chi connectivity index (χ1n) is 5.69. The lowest BCUT2D eigenvalue weighted by molar-refractivity contribution is 0.182. The van der Waals surface area contributed by atoms with Crippen molar-refractivity contribution >= 4 is 23.2 Å². The van der Waals surface area contributed by atoms with Gasteiger partial charge in [0.2, 0.25) is 0 Å². The summed E-state index contributed by atoms with van der Waals surface area (Å²) in [7, 11) is 0. The SMILES string of the molecule is C[C@H](c1c(Cl)ccc(Cl)c1F)N1CCNCC1. The number of nitrogens with one attached hydrogen (secondary N) is 1. The molecular formula is C12H15Cl2FN2. The molecule has 1 heterocycles. The molecule has 0 unspecified atom stereocenters. The molecule has 0 radical (unpaired) electrons. The van der Waals surface area contributed by atoms with E-state index in [1.165, 1.54) is 6.07 Å². The molecule has 17 heavy (non-hydrogen) atoms. The van der Waals surface area contributed by atoms with Gasteiger partial charge in [-0.15, -0.1) is 0 Å². The van der Waals surface area contributed by atoms with Crippen LogP contribution in [-0.4, -0.2) is 31.1 Å². The van der Waals surface area contributed by atoms with Gasteiger partial charge in [0.15, 0.2) is 0 Å². The molecule has 0 amide bonds. The van der Waals surface area contributed by atoms with Crippen LogP contribution in [0, 0.1) is 5.82 Å². The average molecular weight is 277 g/mol. The first kappa shape index (κ1) is 13.1. The van der Waals surface area contributed by atoms with Gasteiger partial charge < -0.3 is 5.32 Å². The van der Waals surface area contributed by atoms with E-state index in [0.717, 1.165) is 26.2 Å². The van der Waals surface area contributed by atoms with Crippen LogP contribution in [0.3, 0.4) is 0 Å². The summed E-state index contributed by atoms with van der Waals surface area (Å²) in [5.74, 6) is -0.398. The molecule has 1 aliphatic heterocycles. The van der Waals surface area contributed by atoms with Gasteiger partial charge in [0.05, 0.1) is 5.02 Å². The Balaban J connectivity index is 2.29. The third-order valence-corrected chi connectivity index (χ3v) is 3.82. The summed E-state index contributed by atoms with van der Waals surface area (Å²) < 4.78 is 14.0. The second-order valence-corrected chi connectivity index (χ2v) is 5.03. The molecule has 1 atom stereocenters. The third kappa shape index (κ3) is 2.74. The van der Waals surface area contributed by atoms with Crippen molar-refractivity contribution in [3.63, 3.8) is 0 Å². The Morgan fingerprint density at radius 2 is 1.82 bits per heavy atom. The molecule has 1 fully saturated rings. The van der Waals surface area contributed by atoms with Gasteiger partial charge in [-0.05, 0) is 19.1 Å². The predicted octanol–water partition coefficient (Wildman–Crippen LogP) is 3.10. The number of nitrogens with zero attached hydrogens (tertiary/aromatic N) is 1. The van der Waals surface area contributed by atoms with E-state index in [2.05, 4.69) is 10.2 Å². The average Bonchev–Trinajstić information content (AvgIpc) is 2.35. The normalized spacial score (nSPS) is 19.3. The Hall–Kier alpha value is -0.350. The van der Waals surface area contributed by atoms with E-state index >= 15 is 0 Å². The highest BCUT2D eigenvalue weighted by molar-refractivity contribution is 6.33. The fourth-order valence-corrected chi connectivity index (χ4v) is 2.65. The van der Waals surface area contributed by atoms with Crippen LogP contribution in [0.5, 0.6) is 0 Å². The van der Waals surface area contributed by atoms with Crippen molar-refractivity contribution in [2.45, 2.75) is 13.0 Å². The molecular weight excluding hydrogens is 262 g/mol. The Morgan fingerprint density at radius 3 is 2.47 bits per heavy atom. The predicted molar refractivity (Wildman–Crippen MR) is 69.3 cm³/mol. The summed E-state index contributed by atoms with van der Waals surface area (Å²) in [6.07, 6.45) is 0. The van der Waals surface area contributed by atoms with Crippen molar-refractivity contribution in [1.29, 1.82) is 0 Å². The second-order valence-electron chi connectivity index (χ2n) is 4.22. The molecule has 0 aromatic heterocycles. The van der Waals surface area contributed by atoms with Gasteiger partial charge in [-0.1, -0.05) is 23.2 Å². The molecule has 0 spiro atoms. The number of hydrogen-bond donors (Lipinski definition) is 1. The van der Waals surface area contributed by atoms with Crippen molar-refractivity contribution in [1.82, 2.24) is 10.2 Å². The van der Waals surface area contributed by atoms with Gasteiger partial charge in [0.1, 0.15) is 5.82 Å². The molecule has 0 saturated carbocycles. The molecule has 0 bridgehead atoms. The summed E-state index contributed by atoms with van der Waals surface area (Å²) in [6, 6.07) is 3.09. The number of piperazine rings is 1. The molecule has 94 valence electrons. The maximum absolute atomic E-state index is 14.0. The topological polar surface area (TPSA) is 15.3 Å². The Labute approximate surface area is 111 Å². The summed E-state index contributed by atoms with van der Waals surface area (Å²) in [4.78, 5) is 2.21. The summed E-state index contributed by atoms with van der Waals surface area (Å²) in [6.45, 7) is 5.59. The summed E-state index contributed by atoms with van der Waals surface area (Å²) in [5, 5.41) is 3.84. The summed E-state index contributed by atoms with van der Waals surface area (Å²) >= 11 is 11.9. The zero-order valence-corrected chi connectivity index (χ0v) is 11.2. The molecule has 2 rings (SSSR count). The number of benzene rings is 1. The monoisotopic (exact) mass is 276 g/mol. The maximum atomic E-state index is 14.0. The van der Waals surface area contributed by atoms with E-state index in [0.29, 0.717) is 10.6 Å². The number of halogens is 3. The zero-order chi connectivity index (χ0) is 12.4. The molecule has 5 heteroatoms. The first-order chi connectivity index (χ1) is 8.11. The van der Waals surface area contributed by atoms with E-state index in [1.54, 1.807) is 6.07 Å². The smallest absolute Gasteiger partial charge is 0.148 e. The fourth-order valence-electron chi connectivity index (χ4n) is 2.18. The van der Waals surface area contributed by atoms with Crippen molar-refractivity contribution in [2.75, 3.05) is 26.2 Å². The Bertz CT molecular complexity index is 406. The van der Waals surface area contributed by atoms with Crippen LogP contribution in [0.2, 0.25) is 10.0 Å². The van der Waals surface area contributed by atoms with E-state index in [9.17, 15) is 4.39 Å². The van der Waals surface area contributed by atoms with Gasteiger partial charge in [0, 0.05) is 42.8 Å². The molecule has 1 saturated heterocycles. The molecule has 1 N–H and O–H groups in total. The highest BCUT2D eigenvalue weighted by Gasteiger charge is 2.24. The van der Waals surface area contributed by atoms with Gasteiger partial charge in [-0.3, -0.25) is 4.90 Å². The van der Waals surface area contributed by atoms with E-state index in [-0.39, 0.29) is 11.1 Å². The van der Waals surface area contributed by atoms with Gasteiger partial charge in [-0.25, -0.2) is 4.39 Å². The number of hydrogen-bond acceptors (Lipinski definition) is 2. The van der Waals surface area contributed by atoms with Crippen LogP contribution in [0.1, 0.15) is 18.5 Å². The van der Waals surface area contributed by atoms with Crippen LogP contribution < -0.4 is 5.32 Å². The van der Waals surface area contributed by atoms with Gasteiger partial charge in [0.25, 0.3) is 0 Å². The quantitative estimate of drug-likeness (QED) is 0.836. The van der Waals surface area contributed by atoms with Crippen LogP contribution in [0.15, 0.2) is 12.1 Å². The van der Waals surface area contributed by atoms with Crippen molar-refractivity contribution in [3.8, 4) is 0 Å². The van der Waals surface area contributed by atoms with E-state index < -0.39 is 5.82 Å². The largest absolute Gasteiger partial charge is 0.314 e. The standard InChI is InChI=1S/C12H15Cl2FN2/c1-8(17-6-4-16-5-7-17)11-9(13)2-3-10(14)12(11)15/h2-3,8,16H,4-7H2,1H3/t8-/m1/s1. The molecule has 2 nitrogen and oxygen atoms in total. The summed E-state index contributed by atoms with van der Waals surface area (Å²) in [5.41, 5.74) is 0.501. The third-order valence-electron chi connectivity index (χ3n) is 3.20. The van der Waals surface area contributed by atoms with Crippen molar-refractivity contribution in [2.24, 2.45) is 0 Å². The van der Waals surface area contributed by atoms with E-state index in [1.807, 2.05) is 6.92 Å². The maximum Gasteiger partial charge on any atom is 0.148 e. The first-order valence-corrected chi connectivity index (χ1v) is 6.45. The van der Waals surface area contributed by atoms with Crippen molar-refractivity contribution in [3.05, 3.63) is 33.6 Å². The lowest BCUT2D eigenvalue weighted by atomic mass is 10.1. The van der Waals surface area contributed by atoms with E-state index in [4.69, 9.17) is 23.2 Å². The van der Waals surface area contributed by atoms with Crippen LogP contribution in [-0.2, 0) is 0 Å². The highest BCUT2D eigenvalue weighted by atomic mass is 35.5. The lowest BCUT2D eigenvalue weighted by Crippen LogP contribution is -2.44. The fraction of sp³-hybridized carbons (Fsp3) is 0.500. The Kier molecular flexibility index (Phi) is 4.26. The minimum atomic E-state index is -0.398. The minimum absolute atomic E-state index is 0.0525. The minimum Gasteiger partial charge on any atom is -0.314 e. The van der Waals surface area contributed by atoms with Crippen molar-refractivity contribution < 1.29 is 4.39 Å². The van der Waals surface area contributed by atoms with Gasteiger partial charge >= 0.3 is 0 Å².